The number of carbonyl (C=O) groups is 2. The average Bonchev–Trinajstić information content (AvgIpc) is 2.09. The molecule has 0 saturated heterocycles. The molecule has 0 aliphatic heterocycles. The van der Waals surface area contributed by atoms with Gasteiger partial charge in [-0.15, -0.1) is 0 Å². The molecule has 5 heteroatoms. The Morgan fingerprint density at radius 3 is 2.13 bits per heavy atom. The molecule has 0 N–H and O–H groups in total. The summed E-state index contributed by atoms with van der Waals surface area (Å²) >= 11 is 0. The van der Waals surface area contributed by atoms with Gasteiger partial charge in [0.25, 0.3) is 0 Å². The van der Waals surface area contributed by atoms with Crippen molar-refractivity contribution < 1.29 is 22.8 Å². The Labute approximate surface area is 83.7 Å². The van der Waals surface area contributed by atoms with Gasteiger partial charge < -0.3 is 0 Å². The number of rotatable bonds is 3. The zero-order valence-corrected chi connectivity index (χ0v) is 7.81. The first kappa shape index (κ1) is 11.4. The number of ketones is 2. The van der Waals surface area contributed by atoms with Crippen LogP contribution in [0.25, 0.3) is 0 Å². The molecule has 1 rings (SSSR count). The summed E-state index contributed by atoms with van der Waals surface area (Å²) in [5, 5.41) is 0. The predicted octanol–water partition coefficient (Wildman–Crippen LogP) is 2.27. The van der Waals surface area contributed by atoms with Crippen LogP contribution in [0.15, 0.2) is 12.1 Å². The van der Waals surface area contributed by atoms with Crippen LogP contribution in [-0.2, 0) is 4.79 Å². The maximum Gasteiger partial charge on any atom is 0.173 e. The van der Waals surface area contributed by atoms with Crippen molar-refractivity contribution in [1.82, 2.24) is 0 Å². The van der Waals surface area contributed by atoms with Gasteiger partial charge in [-0.2, -0.15) is 0 Å². The molecular formula is C10H7F3O2. The Hall–Kier alpha value is -1.65. The van der Waals surface area contributed by atoms with Crippen molar-refractivity contribution >= 4 is 11.6 Å². The number of halogens is 3. The highest BCUT2D eigenvalue weighted by atomic mass is 19.2. The molecule has 0 fully saturated rings. The number of carbonyl (C=O) groups excluding carboxylic acids is 2. The highest BCUT2D eigenvalue weighted by molar-refractivity contribution is 6.07. The monoisotopic (exact) mass is 216 g/mol. The molecule has 0 radical (unpaired) electrons. The zero-order chi connectivity index (χ0) is 11.6. The summed E-state index contributed by atoms with van der Waals surface area (Å²) in [6, 6.07) is 0.735. The minimum atomic E-state index is -1.37. The van der Waals surface area contributed by atoms with E-state index in [0.29, 0.717) is 6.07 Å². The Morgan fingerprint density at radius 2 is 1.60 bits per heavy atom. The maximum absolute atomic E-state index is 13.0. The quantitative estimate of drug-likeness (QED) is 0.441. The second kappa shape index (κ2) is 4.25. The fourth-order valence-corrected chi connectivity index (χ4v) is 1.06. The van der Waals surface area contributed by atoms with Crippen LogP contribution in [0.5, 0.6) is 0 Å². The highest BCUT2D eigenvalue weighted by Gasteiger charge is 2.17. The van der Waals surface area contributed by atoms with Crippen LogP contribution in [0.2, 0.25) is 0 Å². The molecule has 80 valence electrons. The first-order valence-electron chi connectivity index (χ1n) is 4.09. The maximum atomic E-state index is 13.0. The molecule has 1 aromatic rings. The van der Waals surface area contributed by atoms with Gasteiger partial charge >= 0.3 is 0 Å². The topological polar surface area (TPSA) is 34.1 Å². The van der Waals surface area contributed by atoms with Gasteiger partial charge in [0.05, 0.1) is 12.0 Å². The van der Waals surface area contributed by atoms with Crippen molar-refractivity contribution in [2.75, 3.05) is 0 Å². The molecule has 0 atom stereocenters. The van der Waals surface area contributed by atoms with Crippen LogP contribution in [0.1, 0.15) is 23.7 Å². The Balaban J connectivity index is 3.09. The van der Waals surface area contributed by atoms with Gasteiger partial charge in [0, 0.05) is 6.07 Å². The van der Waals surface area contributed by atoms with Crippen molar-refractivity contribution in [3.63, 3.8) is 0 Å². The molecule has 0 unspecified atom stereocenters. The van der Waals surface area contributed by atoms with Gasteiger partial charge in [0.15, 0.2) is 17.4 Å². The number of Topliss-reactive ketones (excluding diaryl/α,β-unsaturated/α-hetero) is 2. The van der Waals surface area contributed by atoms with E-state index < -0.39 is 41.0 Å². The van der Waals surface area contributed by atoms with Crippen molar-refractivity contribution in [2.24, 2.45) is 0 Å². The minimum absolute atomic E-state index is 0.280. The standard InChI is InChI=1S/C10H7F3O2/c1-5(14)2-10(15)6-3-8(12)9(13)4-7(6)11/h3-4H,2H2,1H3. The summed E-state index contributed by atoms with van der Waals surface area (Å²) in [6.07, 6.45) is -0.526. The lowest BCUT2D eigenvalue weighted by atomic mass is 10.1. The zero-order valence-electron chi connectivity index (χ0n) is 7.81. The number of hydrogen-bond donors (Lipinski definition) is 0. The summed E-state index contributed by atoms with van der Waals surface area (Å²) in [5.74, 6) is -5.18. The second-order valence-corrected chi connectivity index (χ2v) is 3.05. The highest BCUT2D eigenvalue weighted by Crippen LogP contribution is 2.15. The second-order valence-electron chi connectivity index (χ2n) is 3.05. The lowest BCUT2D eigenvalue weighted by molar-refractivity contribution is -0.116. The van der Waals surface area contributed by atoms with Crippen molar-refractivity contribution in [3.05, 3.63) is 35.1 Å². The van der Waals surface area contributed by atoms with Gasteiger partial charge in [0.2, 0.25) is 0 Å². The lowest BCUT2D eigenvalue weighted by Crippen LogP contribution is -2.08. The van der Waals surface area contributed by atoms with E-state index in [9.17, 15) is 22.8 Å². The smallest absolute Gasteiger partial charge is 0.173 e. The fraction of sp³-hybridized carbons (Fsp3) is 0.200. The summed E-state index contributed by atoms with van der Waals surface area (Å²) in [4.78, 5) is 21.8. The van der Waals surface area contributed by atoms with E-state index in [1.807, 2.05) is 0 Å². The Kier molecular flexibility index (Phi) is 3.24. The minimum Gasteiger partial charge on any atom is -0.300 e. The molecular weight excluding hydrogens is 209 g/mol. The molecule has 0 bridgehead atoms. The first-order chi connectivity index (χ1) is 6.91. The molecule has 0 aromatic heterocycles. The molecule has 0 aliphatic carbocycles. The molecule has 2 nitrogen and oxygen atoms in total. The average molecular weight is 216 g/mol. The molecule has 0 aliphatic rings. The van der Waals surface area contributed by atoms with Gasteiger partial charge in [-0.1, -0.05) is 0 Å². The van der Waals surface area contributed by atoms with E-state index >= 15 is 0 Å². The van der Waals surface area contributed by atoms with Crippen LogP contribution >= 0.6 is 0 Å². The SMILES string of the molecule is CC(=O)CC(=O)c1cc(F)c(F)cc1F. The van der Waals surface area contributed by atoms with E-state index in [4.69, 9.17) is 0 Å². The van der Waals surface area contributed by atoms with Gasteiger partial charge in [-0.25, -0.2) is 13.2 Å². The van der Waals surface area contributed by atoms with E-state index in [-0.39, 0.29) is 6.07 Å². The summed E-state index contributed by atoms with van der Waals surface area (Å²) in [5.41, 5.74) is -0.607. The molecule has 0 saturated carbocycles. The summed E-state index contributed by atoms with van der Waals surface area (Å²) in [6.45, 7) is 1.15. The van der Waals surface area contributed by atoms with Crippen LogP contribution in [0.4, 0.5) is 13.2 Å². The fourth-order valence-electron chi connectivity index (χ4n) is 1.06. The molecule has 0 spiro atoms. The third kappa shape index (κ3) is 2.65. The third-order valence-corrected chi connectivity index (χ3v) is 1.72. The van der Waals surface area contributed by atoms with E-state index in [1.54, 1.807) is 0 Å². The first-order valence-corrected chi connectivity index (χ1v) is 4.09. The third-order valence-electron chi connectivity index (χ3n) is 1.72. The van der Waals surface area contributed by atoms with Gasteiger partial charge in [-0.3, -0.25) is 9.59 Å². The lowest BCUT2D eigenvalue weighted by Gasteiger charge is -2.01. The van der Waals surface area contributed by atoms with Crippen molar-refractivity contribution in [1.29, 1.82) is 0 Å². The van der Waals surface area contributed by atoms with Crippen LogP contribution in [0, 0.1) is 17.5 Å². The van der Waals surface area contributed by atoms with Gasteiger partial charge in [-0.05, 0) is 13.0 Å². The number of hydrogen-bond acceptors (Lipinski definition) is 2. The molecule has 0 heterocycles. The molecule has 15 heavy (non-hydrogen) atoms. The van der Waals surface area contributed by atoms with Gasteiger partial charge in [0.1, 0.15) is 11.6 Å². The summed E-state index contributed by atoms with van der Waals surface area (Å²) < 4.78 is 38.2. The predicted molar refractivity (Wildman–Crippen MR) is 45.9 cm³/mol. The van der Waals surface area contributed by atoms with Crippen LogP contribution < -0.4 is 0 Å². The van der Waals surface area contributed by atoms with Crippen molar-refractivity contribution in [2.45, 2.75) is 13.3 Å². The molecule has 0 amide bonds. The van der Waals surface area contributed by atoms with Crippen molar-refractivity contribution in [3.8, 4) is 0 Å². The van der Waals surface area contributed by atoms with E-state index in [0.717, 1.165) is 6.92 Å². The Morgan fingerprint density at radius 1 is 1.07 bits per heavy atom. The molecule has 1 aromatic carbocycles. The largest absolute Gasteiger partial charge is 0.300 e. The number of benzene rings is 1. The van der Waals surface area contributed by atoms with E-state index in [1.165, 1.54) is 0 Å². The van der Waals surface area contributed by atoms with E-state index in [2.05, 4.69) is 0 Å². The normalized spacial score (nSPS) is 10.1. The van der Waals surface area contributed by atoms with Crippen LogP contribution in [-0.4, -0.2) is 11.6 Å². The van der Waals surface area contributed by atoms with Crippen LogP contribution in [0.3, 0.4) is 0 Å². The Bertz CT molecular complexity index is 427. The summed E-state index contributed by atoms with van der Waals surface area (Å²) in [7, 11) is 0.